The first-order valence-electron chi connectivity index (χ1n) is 42.7. The summed E-state index contributed by atoms with van der Waals surface area (Å²) < 4.78 is 68.7. The van der Waals surface area contributed by atoms with Crippen LogP contribution in [0, 0.1) is 5.92 Å². The summed E-state index contributed by atoms with van der Waals surface area (Å²) in [7, 11) is -9.92. The fourth-order valence-corrected chi connectivity index (χ4v) is 14.3. The normalized spacial score (nSPS) is 14.1. The van der Waals surface area contributed by atoms with Crippen LogP contribution in [0.15, 0.2) is 0 Å². The van der Waals surface area contributed by atoms with E-state index in [-0.39, 0.29) is 25.7 Å². The summed E-state index contributed by atoms with van der Waals surface area (Å²) in [5.74, 6) is -1.23. The molecule has 0 aliphatic carbocycles. The second kappa shape index (κ2) is 74.9. The van der Waals surface area contributed by atoms with Gasteiger partial charge in [-0.3, -0.25) is 37.3 Å². The van der Waals surface area contributed by atoms with Gasteiger partial charge >= 0.3 is 39.5 Å². The number of phosphoric acid groups is 2. The fourth-order valence-electron chi connectivity index (χ4n) is 12.7. The second-order valence-electron chi connectivity index (χ2n) is 29.8. The molecule has 0 amide bonds. The van der Waals surface area contributed by atoms with Crippen LogP contribution in [0.3, 0.4) is 0 Å². The number of hydrogen-bond donors (Lipinski definition) is 3. The van der Waals surface area contributed by atoms with E-state index in [9.17, 15) is 43.2 Å². The van der Waals surface area contributed by atoms with Gasteiger partial charge in [0.2, 0.25) is 0 Å². The third-order valence-electron chi connectivity index (χ3n) is 19.6. The van der Waals surface area contributed by atoms with Crippen molar-refractivity contribution in [3.8, 4) is 0 Å². The highest BCUT2D eigenvalue weighted by molar-refractivity contribution is 7.47. The first kappa shape index (κ1) is 99.1. The number of carbonyl (C=O) groups is 4. The van der Waals surface area contributed by atoms with Gasteiger partial charge in [0.15, 0.2) is 12.2 Å². The SMILES string of the molecule is CCCCCCCCCCCCCCCCCC(=O)OC[C@H](COP(=O)(O)OC[C@@H](O)COP(=O)(O)OC[C@@H](COC(=O)CCCCCCCCCCC)OC(=O)CCCCCCCCCCCCCCCCC)OC(=O)CCCCCCCCCCCCCCCCCCCCC(C)CC. The van der Waals surface area contributed by atoms with Crippen molar-refractivity contribution in [3.05, 3.63) is 0 Å². The molecule has 0 bridgehead atoms. The number of unbranched alkanes of at least 4 members (excludes halogenated alkanes) is 53. The van der Waals surface area contributed by atoms with Crippen molar-refractivity contribution in [3.63, 3.8) is 0 Å². The number of carbonyl (C=O) groups excluding carboxylic acids is 4. The van der Waals surface area contributed by atoms with Crippen LogP contribution >= 0.6 is 15.6 Å². The van der Waals surface area contributed by atoms with E-state index in [4.69, 9.17) is 37.0 Å². The molecule has 3 N–H and O–H groups in total. The number of hydrogen-bond acceptors (Lipinski definition) is 15. The van der Waals surface area contributed by atoms with Gasteiger partial charge in [-0.05, 0) is 31.6 Å². The Bertz CT molecular complexity index is 1930. The fraction of sp³-hybridized carbons (Fsp3) is 0.951. The van der Waals surface area contributed by atoms with Gasteiger partial charge in [-0.25, -0.2) is 9.13 Å². The van der Waals surface area contributed by atoms with Crippen LogP contribution in [0.2, 0.25) is 0 Å². The Morgan fingerprint density at radius 1 is 0.277 bits per heavy atom. The van der Waals surface area contributed by atoms with Crippen LogP contribution in [0.1, 0.15) is 439 Å². The lowest BCUT2D eigenvalue weighted by molar-refractivity contribution is -0.161. The largest absolute Gasteiger partial charge is 0.472 e. The molecule has 0 rings (SSSR count). The van der Waals surface area contributed by atoms with Gasteiger partial charge in [0.1, 0.15) is 19.3 Å². The number of aliphatic hydroxyl groups is 1. The number of phosphoric ester groups is 2. The number of aliphatic hydroxyl groups excluding tert-OH is 1. The molecular formula is C82H160O17P2. The van der Waals surface area contributed by atoms with Crippen LogP contribution in [0.5, 0.6) is 0 Å². The summed E-state index contributed by atoms with van der Waals surface area (Å²) in [5.41, 5.74) is 0. The van der Waals surface area contributed by atoms with Crippen LogP contribution in [0.25, 0.3) is 0 Å². The highest BCUT2D eigenvalue weighted by atomic mass is 31.2. The molecule has 6 atom stereocenters. The number of ether oxygens (including phenoxy) is 4. The second-order valence-corrected chi connectivity index (χ2v) is 32.7. The highest BCUT2D eigenvalue weighted by Gasteiger charge is 2.30. The molecule has 0 aromatic heterocycles. The molecule has 0 aliphatic heterocycles. The van der Waals surface area contributed by atoms with E-state index < -0.39 is 97.5 Å². The molecule has 101 heavy (non-hydrogen) atoms. The molecule has 0 heterocycles. The molecule has 17 nitrogen and oxygen atoms in total. The Labute approximate surface area is 619 Å². The molecule has 0 radical (unpaired) electrons. The lowest BCUT2D eigenvalue weighted by Gasteiger charge is -2.21. The van der Waals surface area contributed by atoms with Gasteiger partial charge in [-0.1, -0.05) is 388 Å². The maximum absolute atomic E-state index is 13.1. The molecule has 0 aromatic rings. The number of rotatable bonds is 82. The molecule has 0 aromatic carbocycles. The van der Waals surface area contributed by atoms with Gasteiger partial charge in [0, 0.05) is 25.7 Å². The Kier molecular flexibility index (Phi) is 73.5. The molecule has 3 unspecified atom stereocenters. The highest BCUT2D eigenvalue weighted by Crippen LogP contribution is 2.45. The van der Waals surface area contributed by atoms with E-state index in [0.29, 0.717) is 25.7 Å². The predicted molar refractivity (Wildman–Crippen MR) is 414 cm³/mol. The molecule has 0 saturated heterocycles. The maximum Gasteiger partial charge on any atom is 0.472 e. The van der Waals surface area contributed by atoms with Gasteiger partial charge < -0.3 is 33.8 Å². The van der Waals surface area contributed by atoms with Gasteiger partial charge in [-0.2, -0.15) is 0 Å². The maximum atomic E-state index is 13.1. The minimum absolute atomic E-state index is 0.109. The third kappa shape index (κ3) is 74.7. The van der Waals surface area contributed by atoms with Crippen LogP contribution < -0.4 is 0 Å². The minimum atomic E-state index is -4.96. The zero-order valence-electron chi connectivity index (χ0n) is 66.1. The Morgan fingerprint density at radius 3 is 0.703 bits per heavy atom. The summed E-state index contributed by atoms with van der Waals surface area (Å²) in [6.45, 7) is 7.39. The number of esters is 4. The molecule has 0 fully saturated rings. The predicted octanol–water partition coefficient (Wildman–Crippen LogP) is 24.8. The van der Waals surface area contributed by atoms with Gasteiger partial charge in [-0.15, -0.1) is 0 Å². The average Bonchev–Trinajstić information content (AvgIpc) is 0.985. The third-order valence-corrected chi connectivity index (χ3v) is 21.5. The molecule has 600 valence electrons. The van der Waals surface area contributed by atoms with Crippen LogP contribution in [-0.2, 0) is 65.4 Å². The summed E-state index contributed by atoms with van der Waals surface area (Å²) in [4.78, 5) is 73.0. The minimum Gasteiger partial charge on any atom is -0.462 e. The molecule has 0 spiro atoms. The van der Waals surface area contributed by atoms with Gasteiger partial charge in [0.25, 0.3) is 0 Å². The van der Waals surface area contributed by atoms with E-state index in [1.807, 2.05) is 0 Å². The van der Waals surface area contributed by atoms with Crippen molar-refractivity contribution in [2.75, 3.05) is 39.6 Å². The van der Waals surface area contributed by atoms with E-state index in [1.54, 1.807) is 0 Å². The van der Waals surface area contributed by atoms with E-state index in [1.165, 1.54) is 263 Å². The molecule has 0 saturated carbocycles. The average molecular weight is 1480 g/mol. The lowest BCUT2D eigenvalue weighted by atomic mass is 9.99. The Morgan fingerprint density at radius 2 is 0.475 bits per heavy atom. The quantitative estimate of drug-likeness (QED) is 0.0222. The van der Waals surface area contributed by atoms with Crippen molar-refractivity contribution in [2.45, 2.75) is 457 Å². The zero-order chi connectivity index (χ0) is 74.1. The lowest BCUT2D eigenvalue weighted by Crippen LogP contribution is -2.30. The topological polar surface area (TPSA) is 237 Å². The van der Waals surface area contributed by atoms with Crippen molar-refractivity contribution in [1.82, 2.24) is 0 Å². The Balaban J connectivity index is 5.19. The smallest absolute Gasteiger partial charge is 0.462 e. The van der Waals surface area contributed by atoms with Crippen LogP contribution in [0.4, 0.5) is 0 Å². The summed E-state index contributed by atoms with van der Waals surface area (Å²) in [6.07, 6.45) is 66.5. The van der Waals surface area contributed by atoms with E-state index in [2.05, 4.69) is 34.6 Å². The van der Waals surface area contributed by atoms with Crippen molar-refractivity contribution in [1.29, 1.82) is 0 Å². The molecular weight excluding hydrogens is 1320 g/mol. The summed E-state index contributed by atoms with van der Waals surface area (Å²) in [5, 5.41) is 10.6. The first-order chi connectivity index (χ1) is 49.1. The monoisotopic (exact) mass is 1480 g/mol. The summed E-state index contributed by atoms with van der Waals surface area (Å²) >= 11 is 0. The van der Waals surface area contributed by atoms with Crippen molar-refractivity contribution in [2.24, 2.45) is 5.92 Å². The zero-order valence-corrected chi connectivity index (χ0v) is 67.8. The van der Waals surface area contributed by atoms with Crippen molar-refractivity contribution < 1.29 is 80.2 Å². The summed E-state index contributed by atoms with van der Waals surface area (Å²) in [6, 6.07) is 0. The van der Waals surface area contributed by atoms with Gasteiger partial charge in [0.05, 0.1) is 26.4 Å². The molecule has 19 heteroatoms. The molecule has 0 aliphatic rings. The Hall–Kier alpha value is -1.94. The standard InChI is InChI=1S/C82H160O17P2/c1-6-10-13-16-19-22-24-26-32-37-41-46-51-56-61-66-80(85)93-72-78(99-82(87)68-63-58-53-48-43-39-35-31-29-28-30-34-36-40-45-49-54-59-64-75(5)9-4)74-97-101(90,91)95-70-76(83)69-94-100(88,89)96-73-77(71-92-79(84)65-60-55-50-44-21-18-15-12-8-3)98-81(86)67-62-57-52-47-42-38-33-27-25-23-20-17-14-11-7-2/h75-78,83H,6-74H2,1-5H3,(H,88,89)(H,90,91)/t75?,76-,77+,78+/m0/s1. The van der Waals surface area contributed by atoms with E-state index >= 15 is 0 Å². The first-order valence-corrected chi connectivity index (χ1v) is 45.7. The van der Waals surface area contributed by atoms with E-state index in [0.717, 1.165) is 95.8 Å². The van der Waals surface area contributed by atoms with Crippen molar-refractivity contribution >= 4 is 39.5 Å². The van der Waals surface area contributed by atoms with Crippen LogP contribution in [-0.4, -0.2) is 96.7 Å².